The fourth-order valence-corrected chi connectivity index (χ4v) is 3.80. The number of amides is 1. The third kappa shape index (κ3) is 2.81. The van der Waals surface area contributed by atoms with E-state index in [9.17, 15) is 18.0 Å². The van der Waals surface area contributed by atoms with Crippen molar-refractivity contribution in [2.45, 2.75) is 10.9 Å². The van der Waals surface area contributed by atoms with Crippen LogP contribution in [0.3, 0.4) is 0 Å². The summed E-state index contributed by atoms with van der Waals surface area (Å²) in [4.78, 5) is 26.0. The summed E-state index contributed by atoms with van der Waals surface area (Å²) in [5, 5.41) is 11.4. The first kappa shape index (κ1) is 14.9. The van der Waals surface area contributed by atoms with Gasteiger partial charge in [-0.25, -0.2) is 8.42 Å². The molecule has 0 aromatic carbocycles. The summed E-state index contributed by atoms with van der Waals surface area (Å²) in [5.74, 6) is -1.87. The summed E-state index contributed by atoms with van der Waals surface area (Å²) in [7, 11) is -4.11. The number of carbonyl (C=O) groups is 2. The van der Waals surface area contributed by atoms with E-state index in [2.05, 4.69) is 26.2 Å². The normalized spacial score (nSPS) is 20.4. The maximum Gasteiger partial charge on any atom is 0.323 e. The van der Waals surface area contributed by atoms with Gasteiger partial charge in [0.1, 0.15) is 10.9 Å². The van der Waals surface area contributed by atoms with Gasteiger partial charge in [0.05, 0.1) is 6.54 Å². The first-order valence-corrected chi connectivity index (χ1v) is 7.67. The van der Waals surface area contributed by atoms with E-state index in [0.717, 1.165) is 6.20 Å². The van der Waals surface area contributed by atoms with Crippen LogP contribution in [0.2, 0.25) is 0 Å². The molecule has 2 heterocycles. The van der Waals surface area contributed by atoms with E-state index in [0.29, 0.717) is 8.78 Å². The van der Waals surface area contributed by atoms with Crippen LogP contribution in [-0.4, -0.2) is 53.8 Å². The number of aromatic nitrogens is 1. The predicted molar refractivity (Wildman–Crippen MR) is 70.3 cm³/mol. The minimum atomic E-state index is -4.11. The topological polar surface area (TPSA) is 117 Å². The van der Waals surface area contributed by atoms with Gasteiger partial charge < -0.3 is 10.4 Å². The third-order valence-electron chi connectivity index (χ3n) is 2.71. The Bertz CT molecular complexity index is 663. The zero-order chi connectivity index (χ0) is 14.9. The van der Waals surface area contributed by atoms with E-state index in [1.165, 1.54) is 12.3 Å². The van der Waals surface area contributed by atoms with Crippen molar-refractivity contribution in [3.8, 4) is 0 Å². The molecular weight excluding hydrogens is 354 g/mol. The summed E-state index contributed by atoms with van der Waals surface area (Å²) in [6.07, 6.45) is 2.50. The van der Waals surface area contributed by atoms with E-state index < -0.39 is 34.5 Å². The average Bonchev–Trinajstić information content (AvgIpc) is 2.38. The predicted octanol–water partition coefficient (Wildman–Crippen LogP) is -0.582. The van der Waals surface area contributed by atoms with Crippen LogP contribution in [-0.2, 0) is 19.6 Å². The molecule has 108 valence electrons. The summed E-state index contributed by atoms with van der Waals surface area (Å²) in [6, 6.07) is -0.0370. The Hall–Kier alpha value is -1.52. The monoisotopic (exact) mass is 363 g/mol. The lowest BCUT2D eigenvalue weighted by Crippen LogP contribution is -2.59. The Labute approximate surface area is 123 Å². The second-order valence-corrected chi connectivity index (χ2v) is 6.85. The van der Waals surface area contributed by atoms with Crippen LogP contribution in [0.15, 0.2) is 27.8 Å². The van der Waals surface area contributed by atoms with E-state index in [-0.39, 0.29) is 11.4 Å². The molecule has 1 aliphatic rings. The Morgan fingerprint density at radius 1 is 1.50 bits per heavy atom. The number of rotatable bonds is 3. The molecule has 10 heteroatoms. The van der Waals surface area contributed by atoms with E-state index in [1.807, 2.05) is 0 Å². The molecule has 1 unspecified atom stereocenters. The van der Waals surface area contributed by atoms with Crippen LogP contribution >= 0.6 is 15.9 Å². The van der Waals surface area contributed by atoms with Gasteiger partial charge in [0, 0.05) is 23.4 Å². The van der Waals surface area contributed by atoms with Crippen LogP contribution in [0.1, 0.15) is 0 Å². The Balaban J connectivity index is 2.44. The maximum absolute atomic E-state index is 12.4. The van der Waals surface area contributed by atoms with Crippen LogP contribution in [0, 0.1) is 0 Å². The highest BCUT2D eigenvalue weighted by Gasteiger charge is 2.40. The van der Waals surface area contributed by atoms with Crippen molar-refractivity contribution >= 4 is 37.8 Å². The minimum Gasteiger partial charge on any atom is -0.480 e. The molecular formula is C10H10BrN3O5S. The first-order chi connectivity index (χ1) is 9.32. The van der Waals surface area contributed by atoms with Crippen LogP contribution < -0.4 is 5.32 Å². The molecule has 0 radical (unpaired) electrons. The number of nitrogens with zero attached hydrogens (tertiary/aromatic N) is 2. The Morgan fingerprint density at radius 2 is 2.20 bits per heavy atom. The molecule has 2 rings (SSSR count). The third-order valence-corrected chi connectivity index (χ3v) is 4.96. The van der Waals surface area contributed by atoms with Crippen LogP contribution in [0.4, 0.5) is 0 Å². The highest BCUT2D eigenvalue weighted by molar-refractivity contribution is 9.10. The minimum absolute atomic E-state index is 0.173. The van der Waals surface area contributed by atoms with E-state index in [1.54, 1.807) is 0 Å². The number of carboxylic acid groups (broad SMARTS) is 1. The lowest BCUT2D eigenvalue weighted by atomic mass is 10.2. The number of pyridine rings is 1. The van der Waals surface area contributed by atoms with Crippen LogP contribution in [0.25, 0.3) is 0 Å². The average molecular weight is 364 g/mol. The van der Waals surface area contributed by atoms with Crippen molar-refractivity contribution in [1.82, 2.24) is 14.6 Å². The SMILES string of the molecule is O=C1CN(S(=O)(=O)c2cncc(Br)c2)C(C(=O)O)CN1. The molecule has 20 heavy (non-hydrogen) atoms. The maximum atomic E-state index is 12.4. The molecule has 1 atom stereocenters. The fourth-order valence-electron chi connectivity index (χ4n) is 1.75. The number of carboxylic acids is 1. The molecule has 1 amide bonds. The second-order valence-electron chi connectivity index (χ2n) is 4.05. The van der Waals surface area contributed by atoms with Gasteiger partial charge in [-0.1, -0.05) is 0 Å². The summed E-state index contributed by atoms with van der Waals surface area (Å²) in [5.41, 5.74) is 0. The molecule has 0 bridgehead atoms. The quantitative estimate of drug-likeness (QED) is 0.741. The van der Waals surface area contributed by atoms with Gasteiger partial charge in [-0.3, -0.25) is 14.6 Å². The van der Waals surface area contributed by atoms with Crippen LogP contribution in [0.5, 0.6) is 0 Å². The molecule has 1 aromatic heterocycles. The largest absolute Gasteiger partial charge is 0.480 e. The zero-order valence-electron chi connectivity index (χ0n) is 9.98. The molecule has 8 nitrogen and oxygen atoms in total. The molecule has 1 saturated heterocycles. The molecule has 2 N–H and O–H groups in total. The number of aliphatic carboxylic acids is 1. The number of carbonyl (C=O) groups excluding carboxylic acids is 1. The smallest absolute Gasteiger partial charge is 0.323 e. The molecule has 1 aliphatic heterocycles. The molecule has 0 saturated carbocycles. The number of hydrogen-bond donors (Lipinski definition) is 2. The fraction of sp³-hybridized carbons (Fsp3) is 0.300. The standard InChI is InChI=1S/C10H10BrN3O5S/c11-6-1-7(3-12-2-6)20(18,19)14-5-9(15)13-4-8(14)10(16)17/h1-3,8H,4-5H2,(H,13,15)(H,16,17). The molecule has 1 aromatic rings. The zero-order valence-corrected chi connectivity index (χ0v) is 12.4. The second kappa shape index (κ2) is 5.46. The number of hydrogen-bond acceptors (Lipinski definition) is 5. The van der Waals surface area contributed by atoms with Gasteiger partial charge in [-0.15, -0.1) is 0 Å². The Morgan fingerprint density at radius 3 is 2.80 bits per heavy atom. The number of nitrogens with one attached hydrogen (secondary N) is 1. The van der Waals surface area contributed by atoms with Gasteiger partial charge in [-0.2, -0.15) is 4.31 Å². The number of piperazine rings is 1. The van der Waals surface area contributed by atoms with Crippen molar-refractivity contribution in [2.75, 3.05) is 13.1 Å². The summed E-state index contributed by atoms with van der Waals surface area (Å²) >= 11 is 3.09. The van der Waals surface area contributed by atoms with Gasteiger partial charge >= 0.3 is 5.97 Å². The van der Waals surface area contributed by atoms with Gasteiger partial charge in [0.15, 0.2) is 0 Å². The van der Waals surface area contributed by atoms with E-state index >= 15 is 0 Å². The Kier molecular flexibility index (Phi) is 4.06. The van der Waals surface area contributed by atoms with Crippen molar-refractivity contribution in [3.63, 3.8) is 0 Å². The van der Waals surface area contributed by atoms with Gasteiger partial charge in [-0.05, 0) is 22.0 Å². The summed E-state index contributed by atoms with van der Waals surface area (Å²) in [6.45, 7) is -0.805. The molecule has 0 aliphatic carbocycles. The lowest BCUT2D eigenvalue weighted by Gasteiger charge is -2.31. The number of sulfonamides is 1. The first-order valence-electron chi connectivity index (χ1n) is 5.44. The van der Waals surface area contributed by atoms with Crippen molar-refractivity contribution in [3.05, 3.63) is 22.9 Å². The molecule has 0 spiro atoms. The van der Waals surface area contributed by atoms with Crippen molar-refractivity contribution in [1.29, 1.82) is 0 Å². The highest BCUT2D eigenvalue weighted by atomic mass is 79.9. The highest BCUT2D eigenvalue weighted by Crippen LogP contribution is 2.21. The molecule has 1 fully saturated rings. The number of halogens is 1. The van der Waals surface area contributed by atoms with E-state index in [4.69, 9.17) is 5.11 Å². The van der Waals surface area contributed by atoms with Crippen molar-refractivity contribution in [2.24, 2.45) is 0 Å². The van der Waals surface area contributed by atoms with Gasteiger partial charge in [0.25, 0.3) is 0 Å². The van der Waals surface area contributed by atoms with Gasteiger partial charge in [0.2, 0.25) is 15.9 Å². The lowest BCUT2D eigenvalue weighted by molar-refractivity contribution is -0.143. The summed E-state index contributed by atoms with van der Waals surface area (Å²) < 4.78 is 25.9. The van der Waals surface area contributed by atoms with Crippen molar-refractivity contribution < 1.29 is 23.1 Å².